The number of piperidine rings is 1. The van der Waals surface area contributed by atoms with Gasteiger partial charge in [-0.1, -0.05) is 0 Å². The van der Waals surface area contributed by atoms with Gasteiger partial charge in [-0.2, -0.15) is 0 Å². The normalized spacial score (nSPS) is 23.2. The topological polar surface area (TPSA) is 36.4 Å². The van der Waals surface area contributed by atoms with Gasteiger partial charge in [-0.3, -0.25) is 4.98 Å². The molecule has 0 radical (unpaired) electrons. The second-order valence-electron chi connectivity index (χ2n) is 3.38. The first-order chi connectivity index (χ1) is 6.38. The van der Waals surface area contributed by atoms with Gasteiger partial charge in [0.2, 0.25) is 0 Å². The second kappa shape index (κ2) is 3.75. The van der Waals surface area contributed by atoms with E-state index in [1.54, 1.807) is 12.4 Å². The summed E-state index contributed by atoms with van der Waals surface area (Å²) >= 11 is 0. The van der Waals surface area contributed by atoms with Crippen molar-refractivity contribution >= 4 is 5.69 Å². The Balaban J connectivity index is 2.15. The van der Waals surface area contributed by atoms with Crippen LogP contribution >= 0.6 is 0 Å². The summed E-state index contributed by atoms with van der Waals surface area (Å²) in [6.07, 6.45) is 6.38. The van der Waals surface area contributed by atoms with E-state index in [4.69, 9.17) is 0 Å². The number of aliphatic hydroxyl groups excluding tert-OH is 1. The van der Waals surface area contributed by atoms with Gasteiger partial charge in [0, 0.05) is 24.6 Å². The average Bonchev–Trinajstić information content (AvgIpc) is 2.20. The second-order valence-corrected chi connectivity index (χ2v) is 3.38. The molecule has 3 nitrogen and oxygen atoms in total. The standard InChI is InChI=1S/C10H14N2O/c13-10-3-1-2-8-12(10)9-4-6-11-7-5-9/h4-7,10,13H,1-3,8H2. The van der Waals surface area contributed by atoms with E-state index in [-0.39, 0.29) is 6.23 Å². The summed E-state index contributed by atoms with van der Waals surface area (Å²) in [4.78, 5) is 5.99. The van der Waals surface area contributed by atoms with Crippen LogP contribution in [0.4, 0.5) is 5.69 Å². The zero-order valence-corrected chi connectivity index (χ0v) is 7.56. The van der Waals surface area contributed by atoms with Crippen LogP contribution in [-0.4, -0.2) is 22.9 Å². The van der Waals surface area contributed by atoms with E-state index in [9.17, 15) is 5.11 Å². The van der Waals surface area contributed by atoms with Crippen molar-refractivity contribution in [2.45, 2.75) is 25.5 Å². The lowest BCUT2D eigenvalue weighted by molar-refractivity contribution is 0.140. The number of anilines is 1. The van der Waals surface area contributed by atoms with Gasteiger partial charge in [-0.25, -0.2) is 0 Å². The Hall–Kier alpha value is -1.09. The molecular weight excluding hydrogens is 164 g/mol. The molecule has 1 aromatic rings. The van der Waals surface area contributed by atoms with Crippen molar-refractivity contribution in [2.24, 2.45) is 0 Å². The van der Waals surface area contributed by atoms with Crippen molar-refractivity contribution in [3.8, 4) is 0 Å². The van der Waals surface area contributed by atoms with Crippen LogP contribution in [0, 0.1) is 0 Å². The Kier molecular flexibility index (Phi) is 2.45. The summed E-state index contributed by atoms with van der Waals surface area (Å²) in [5.41, 5.74) is 1.07. The average molecular weight is 178 g/mol. The first-order valence-electron chi connectivity index (χ1n) is 4.72. The van der Waals surface area contributed by atoms with Crippen LogP contribution in [-0.2, 0) is 0 Å². The van der Waals surface area contributed by atoms with Crippen LogP contribution in [0.15, 0.2) is 24.5 Å². The molecule has 13 heavy (non-hydrogen) atoms. The van der Waals surface area contributed by atoms with Crippen molar-refractivity contribution in [2.75, 3.05) is 11.4 Å². The fourth-order valence-electron chi connectivity index (χ4n) is 1.75. The molecule has 0 aliphatic carbocycles. The number of pyridine rings is 1. The van der Waals surface area contributed by atoms with Crippen LogP contribution in [0.5, 0.6) is 0 Å². The van der Waals surface area contributed by atoms with Crippen molar-refractivity contribution in [1.82, 2.24) is 4.98 Å². The van der Waals surface area contributed by atoms with E-state index in [2.05, 4.69) is 4.98 Å². The van der Waals surface area contributed by atoms with Crippen LogP contribution in [0.3, 0.4) is 0 Å². The molecule has 1 aliphatic rings. The molecule has 0 saturated carbocycles. The Morgan fingerprint density at radius 2 is 2.08 bits per heavy atom. The molecule has 70 valence electrons. The molecule has 0 amide bonds. The van der Waals surface area contributed by atoms with Gasteiger partial charge in [0.05, 0.1) is 0 Å². The van der Waals surface area contributed by atoms with E-state index < -0.39 is 0 Å². The van der Waals surface area contributed by atoms with Gasteiger partial charge in [0.1, 0.15) is 6.23 Å². The van der Waals surface area contributed by atoms with E-state index in [0.29, 0.717) is 0 Å². The minimum atomic E-state index is -0.309. The highest BCUT2D eigenvalue weighted by molar-refractivity contribution is 5.45. The maximum absolute atomic E-state index is 9.73. The quantitative estimate of drug-likeness (QED) is 0.706. The molecule has 0 spiro atoms. The first-order valence-corrected chi connectivity index (χ1v) is 4.72. The number of aliphatic hydroxyl groups is 1. The summed E-state index contributed by atoms with van der Waals surface area (Å²) in [5.74, 6) is 0. The number of nitrogens with zero attached hydrogens (tertiary/aromatic N) is 2. The van der Waals surface area contributed by atoms with Gasteiger partial charge < -0.3 is 10.0 Å². The minimum absolute atomic E-state index is 0.309. The van der Waals surface area contributed by atoms with Crippen molar-refractivity contribution in [1.29, 1.82) is 0 Å². The van der Waals surface area contributed by atoms with Crippen molar-refractivity contribution in [3.63, 3.8) is 0 Å². The number of hydrogen-bond donors (Lipinski definition) is 1. The molecule has 1 atom stereocenters. The third-order valence-corrected chi connectivity index (χ3v) is 2.47. The van der Waals surface area contributed by atoms with E-state index in [0.717, 1.165) is 25.1 Å². The summed E-state index contributed by atoms with van der Waals surface area (Å²) < 4.78 is 0. The predicted octanol–water partition coefficient (Wildman–Crippen LogP) is 1.39. The Labute approximate surface area is 78.0 Å². The van der Waals surface area contributed by atoms with Crippen LogP contribution in [0.25, 0.3) is 0 Å². The Morgan fingerprint density at radius 3 is 2.77 bits per heavy atom. The maximum atomic E-state index is 9.73. The highest BCUT2D eigenvalue weighted by Crippen LogP contribution is 2.22. The number of rotatable bonds is 1. The Morgan fingerprint density at radius 1 is 1.31 bits per heavy atom. The SMILES string of the molecule is OC1CCCCN1c1ccncc1. The highest BCUT2D eigenvalue weighted by atomic mass is 16.3. The van der Waals surface area contributed by atoms with Gasteiger partial charge in [0.25, 0.3) is 0 Å². The summed E-state index contributed by atoms with van der Waals surface area (Å²) in [5, 5.41) is 9.73. The molecule has 2 heterocycles. The number of aromatic nitrogens is 1. The third-order valence-electron chi connectivity index (χ3n) is 2.47. The molecular formula is C10H14N2O. The minimum Gasteiger partial charge on any atom is -0.374 e. The molecule has 3 heteroatoms. The molecule has 1 N–H and O–H groups in total. The molecule has 1 aromatic heterocycles. The third kappa shape index (κ3) is 1.80. The summed E-state index contributed by atoms with van der Waals surface area (Å²) in [7, 11) is 0. The molecule has 2 rings (SSSR count). The lowest BCUT2D eigenvalue weighted by Gasteiger charge is -2.33. The van der Waals surface area contributed by atoms with E-state index in [1.807, 2.05) is 17.0 Å². The molecule has 1 fully saturated rings. The zero-order chi connectivity index (χ0) is 9.10. The molecule has 1 unspecified atom stereocenters. The van der Waals surface area contributed by atoms with Crippen LogP contribution in [0.2, 0.25) is 0 Å². The fraction of sp³-hybridized carbons (Fsp3) is 0.500. The summed E-state index contributed by atoms with van der Waals surface area (Å²) in [6, 6.07) is 3.88. The van der Waals surface area contributed by atoms with Crippen molar-refractivity contribution < 1.29 is 5.11 Å². The van der Waals surface area contributed by atoms with Crippen LogP contribution in [0.1, 0.15) is 19.3 Å². The molecule has 0 aromatic carbocycles. The molecule has 1 saturated heterocycles. The van der Waals surface area contributed by atoms with Gasteiger partial charge >= 0.3 is 0 Å². The summed E-state index contributed by atoms with van der Waals surface area (Å²) in [6.45, 7) is 0.950. The fourth-order valence-corrected chi connectivity index (χ4v) is 1.75. The Bertz CT molecular complexity index is 263. The van der Waals surface area contributed by atoms with E-state index >= 15 is 0 Å². The van der Waals surface area contributed by atoms with E-state index in [1.165, 1.54) is 6.42 Å². The zero-order valence-electron chi connectivity index (χ0n) is 7.56. The monoisotopic (exact) mass is 178 g/mol. The lowest BCUT2D eigenvalue weighted by atomic mass is 10.1. The molecule has 1 aliphatic heterocycles. The predicted molar refractivity (Wildman–Crippen MR) is 51.4 cm³/mol. The van der Waals surface area contributed by atoms with Crippen LogP contribution < -0.4 is 4.90 Å². The van der Waals surface area contributed by atoms with Gasteiger partial charge in [-0.15, -0.1) is 0 Å². The van der Waals surface area contributed by atoms with Gasteiger partial charge in [-0.05, 0) is 31.4 Å². The highest BCUT2D eigenvalue weighted by Gasteiger charge is 2.19. The van der Waals surface area contributed by atoms with Crippen molar-refractivity contribution in [3.05, 3.63) is 24.5 Å². The largest absolute Gasteiger partial charge is 0.374 e. The maximum Gasteiger partial charge on any atom is 0.126 e. The van der Waals surface area contributed by atoms with Gasteiger partial charge in [0.15, 0.2) is 0 Å². The lowest BCUT2D eigenvalue weighted by Crippen LogP contribution is -2.39. The first kappa shape index (κ1) is 8.51. The molecule has 0 bridgehead atoms. The number of hydrogen-bond acceptors (Lipinski definition) is 3. The smallest absolute Gasteiger partial charge is 0.126 e.